The first-order valence-electron chi connectivity index (χ1n) is 7.96. The molecule has 1 heterocycles. The summed E-state index contributed by atoms with van der Waals surface area (Å²) in [6, 6.07) is 15.8. The lowest BCUT2D eigenvalue weighted by atomic mass is 10.2. The molecule has 144 valence electrons. The second-order valence-electron chi connectivity index (χ2n) is 5.52. The highest BCUT2D eigenvalue weighted by atomic mass is 79.9. The number of hydrogen-bond donors (Lipinski definition) is 2. The second kappa shape index (κ2) is 9.56. The average molecular weight is 545 g/mol. The molecule has 0 unspecified atom stereocenters. The van der Waals surface area contributed by atoms with E-state index in [1.165, 1.54) is 11.3 Å². The highest BCUT2D eigenvalue weighted by Gasteiger charge is 2.16. The fraction of sp³-hybridized carbons (Fsp3) is 0.0526. The van der Waals surface area contributed by atoms with Crippen LogP contribution in [0.3, 0.4) is 0 Å². The zero-order valence-electron chi connectivity index (χ0n) is 14.2. The summed E-state index contributed by atoms with van der Waals surface area (Å²) in [6.07, 6.45) is 0. The summed E-state index contributed by atoms with van der Waals surface area (Å²) in [4.78, 5) is 25.1. The molecular weight excluding hydrogens is 532 g/mol. The minimum absolute atomic E-state index is 0.216. The molecule has 2 amide bonds. The lowest BCUT2D eigenvalue weighted by Crippen LogP contribution is -2.41. The van der Waals surface area contributed by atoms with Gasteiger partial charge in [0.2, 0.25) is 0 Å². The average Bonchev–Trinajstić information content (AvgIpc) is 3.04. The van der Waals surface area contributed by atoms with E-state index in [1.807, 2.05) is 18.2 Å². The fourth-order valence-electron chi connectivity index (χ4n) is 2.25. The number of benzene rings is 2. The molecule has 28 heavy (non-hydrogen) atoms. The first-order valence-corrected chi connectivity index (χ1v) is 10.7. The summed E-state index contributed by atoms with van der Waals surface area (Å²) in [5, 5.41) is 0.588. The number of para-hydroxylation sites is 1. The van der Waals surface area contributed by atoms with Gasteiger partial charge in [0.15, 0.2) is 0 Å². The Morgan fingerprint density at radius 1 is 1.00 bits per heavy atom. The zero-order valence-corrected chi connectivity index (χ0v) is 18.9. The van der Waals surface area contributed by atoms with Crippen LogP contribution >= 0.6 is 54.8 Å². The van der Waals surface area contributed by atoms with Gasteiger partial charge >= 0.3 is 0 Å². The van der Waals surface area contributed by atoms with Crippen molar-refractivity contribution >= 4 is 66.6 Å². The van der Waals surface area contributed by atoms with Crippen molar-refractivity contribution in [2.45, 2.75) is 6.61 Å². The molecule has 0 aliphatic heterocycles. The van der Waals surface area contributed by atoms with E-state index in [-0.39, 0.29) is 6.61 Å². The monoisotopic (exact) mass is 542 g/mol. The maximum absolute atomic E-state index is 12.5. The largest absolute Gasteiger partial charge is 0.488 e. The fourth-order valence-corrected chi connectivity index (χ4v) is 4.37. The molecule has 0 fully saturated rings. The van der Waals surface area contributed by atoms with Crippen LogP contribution in [0.5, 0.6) is 5.75 Å². The van der Waals surface area contributed by atoms with Crippen molar-refractivity contribution in [2.24, 2.45) is 0 Å². The Hall–Kier alpha value is -1.87. The number of thiophene rings is 1. The predicted octanol–water partition coefficient (Wildman–Crippen LogP) is 5.58. The summed E-state index contributed by atoms with van der Waals surface area (Å²) in [5.74, 6) is -0.521. The van der Waals surface area contributed by atoms with Gasteiger partial charge in [-0.05, 0) is 56.1 Å². The van der Waals surface area contributed by atoms with Crippen LogP contribution in [0, 0.1) is 0 Å². The molecule has 2 N–H and O–H groups in total. The van der Waals surface area contributed by atoms with E-state index in [0.717, 1.165) is 13.8 Å². The van der Waals surface area contributed by atoms with Crippen molar-refractivity contribution in [2.75, 3.05) is 0 Å². The van der Waals surface area contributed by atoms with Crippen molar-refractivity contribution in [3.63, 3.8) is 0 Å². The van der Waals surface area contributed by atoms with E-state index >= 15 is 0 Å². The summed E-state index contributed by atoms with van der Waals surface area (Å²) in [6.45, 7) is 0.216. The molecule has 5 nitrogen and oxygen atoms in total. The molecule has 1 aromatic heterocycles. The van der Waals surface area contributed by atoms with Crippen LogP contribution in [0.1, 0.15) is 25.6 Å². The van der Waals surface area contributed by atoms with Crippen LogP contribution in [0.2, 0.25) is 5.02 Å². The maximum atomic E-state index is 12.5. The lowest BCUT2D eigenvalue weighted by molar-refractivity contribution is 0.0846. The van der Waals surface area contributed by atoms with E-state index in [9.17, 15) is 9.59 Å². The highest BCUT2D eigenvalue weighted by molar-refractivity contribution is 9.13. The number of rotatable bonds is 5. The molecule has 0 atom stereocenters. The third-order valence-corrected chi connectivity index (χ3v) is 7.25. The number of carbonyl (C=O) groups excluding carboxylic acids is 2. The van der Waals surface area contributed by atoms with Gasteiger partial charge in [-0.1, -0.05) is 41.9 Å². The maximum Gasteiger partial charge on any atom is 0.279 e. The van der Waals surface area contributed by atoms with Crippen LogP contribution < -0.4 is 15.6 Å². The number of halogens is 3. The number of amides is 2. The van der Waals surface area contributed by atoms with Gasteiger partial charge in [0.05, 0.1) is 14.2 Å². The Balaban J connectivity index is 1.65. The standard InChI is InChI=1S/C19H13Br2ClN2O3S/c20-13-9-16(28-17(13)21)19(26)24-23-18(25)12-6-2-4-8-15(12)27-10-11-5-1-3-7-14(11)22/h1-9H,10H2,(H,23,25)(H,24,26). The number of carbonyl (C=O) groups is 2. The smallest absolute Gasteiger partial charge is 0.279 e. The van der Waals surface area contributed by atoms with Crippen molar-refractivity contribution in [1.82, 2.24) is 10.9 Å². The first kappa shape index (κ1) is 20.9. The van der Waals surface area contributed by atoms with Crippen LogP contribution in [-0.4, -0.2) is 11.8 Å². The van der Waals surface area contributed by atoms with Gasteiger partial charge < -0.3 is 4.74 Å². The van der Waals surface area contributed by atoms with Crippen molar-refractivity contribution in [1.29, 1.82) is 0 Å². The topological polar surface area (TPSA) is 67.4 Å². The summed E-state index contributed by atoms with van der Waals surface area (Å²) in [7, 11) is 0. The molecular formula is C19H13Br2ClN2O3S. The molecule has 0 bridgehead atoms. The molecule has 3 aromatic rings. The predicted molar refractivity (Wildman–Crippen MR) is 117 cm³/mol. The molecule has 0 saturated carbocycles. The minimum Gasteiger partial charge on any atom is -0.488 e. The van der Waals surface area contributed by atoms with Gasteiger partial charge in [0.25, 0.3) is 11.8 Å². The summed E-state index contributed by atoms with van der Waals surface area (Å²) in [5.41, 5.74) is 5.91. The minimum atomic E-state index is -0.488. The highest BCUT2D eigenvalue weighted by Crippen LogP contribution is 2.32. The Kier molecular flexibility index (Phi) is 7.12. The van der Waals surface area contributed by atoms with Gasteiger partial charge in [-0.3, -0.25) is 20.4 Å². The number of ether oxygens (including phenoxy) is 1. The van der Waals surface area contributed by atoms with E-state index in [4.69, 9.17) is 16.3 Å². The summed E-state index contributed by atoms with van der Waals surface area (Å²) < 4.78 is 7.33. The molecule has 0 aliphatic carbocycles. The Morgan fingerprint density at radius 3 is 2.39 bits per heavy atom. The zero-order chi connectivity index (χ0) is 20.1. The number of nitrogens with one attached hydrogen (secondary N) is 2. The molecule has 0 saturated heterocycles. The number of hydrogen-bond acceptors (Lipinski definition) is 4. The van der Waals surface area contributed by atoms with Gasteiger partial charge in [-0.15, -0.1) is 11.3 Å². The van der Waals surface area contributed by atoms with Crippen LogP contribution in [0.4, 0.5) is 0 Å². The van der Waals surface area contributed by atoms with E-state index in [0.29, 0.717) is 21.2 Å². The van der Waals surface area contributed by atoms with Gasteiger partial charge in [0.1, 0.15) is 12.4 Å². The van der Waals surface area contributed by atoms with E-state index in [1.54, 1.807) is 36.4 Å². The van der Waals surface area contributed by atoms with E-state index in [2.05, 4.69) is 42.7 Å². The van der Waals surface area contributed by atoms with Gasteiger partial charge in [-0.25, -0.2) is 0 Å². The number of hydrazine groups is 1. The van der Waals surface area contributed by atoms with Gasteiger partial charge in [0, 0.05) is 15.1 Å². The quantitative estimate of drug-likeness (QED) is 0.412. The Bertz CT molecular complexity index is 1010. The van der Waals surface area contributed by atoms with Crippen LogP contribution in [-0.2, 0) is 6.61 Å². The first-order chi connectivity index (χ1) is 13.5. The third kappa shape index (κ3) is 5.14. The Labute approximate surface area is 187 Å². The van der Waals surface area contributed by atoms with Crippen LogP contribution in [0.25, 0.3) is 0 Å². The molecule has 0 spiro atoms. The third-order valence-electron chi connectivity index (χ3n) is 3.63. The van der Waals surface area contributed by atoms with Crippen molar-refractivity contribution < 1.29 is 14.3 Å². The normalized spacial score (nSPS) is 10.4. The molecule has 0 radical (unpaired) electrons. The molecule has 2 aromatic carbocycles. The van der Waals surface area contributed by atoms with Crippen molar-refractivity contribution in [3.8, 4) is 5.75 Å². The molecule has 0 aliphatic rings. The molecule has 9 heteroatoms. The Morgan fingerprint density at radius 2 is 1.68 bits per heavy atom. The van der Waals surface area contributed by atoms with Gasteiger partial charge in [-0.2, -0.15) is 0 Å². The molecule has 3 rings (SSSR count). The summed E-state index contributed by atoms with van der Waals surface area (Å²) >= 11 is 14.0. The SMILES string of the molecule is O=C(NNC(=O)c1ccccc1OCc1ccccc1Cl)c1cc(Br)c(Br)s1. The van der Waals surface area contributed by atoms with Crippen molar-refractivity contribution in [3.05, 3.63) is 83.9 Å². The van der Waals surface area contributed by atoms with E-state index < -0.39 is 11.8 Å². The second-order valence-corrected chi connectivity index (χ2v) is 9.15. The lowest BCUT2D eigenvalue weighted by Gasteiger charge is -2.12. The van der Waals surface area contributed by atoms with Crippen LogP contribution in [0.15, 0.2) is 62.9 Å².